The van der Waals surface area contributed by atoms with Crippen molar-refractivity contribution in [3.63, 3.8) is 0 Å². The van der Waals surface area contributed by atoms with E-state index in [0.29, 0.717) is 22.9 Å². The van der Waals surface area contributed by atoms with Crippen molar-refractivity contribution in [2.75, 3.05) is 0 Å². The second kappa shape index (κ2) is 4.28. The molecule has 0 aromatic heterocycles. The number of benzene rings is 1. The molecule has 0 radical (unpaired) electrons. The van der Waals surface area contributed by atoms with E-state index in [9.17, 15) is 18.3 Å². The third kappa shape index (κ3) is 2.50. The van der Waals surface area contributed by atoms with Crippen LogP contribution in [0.25, 0.3) is 0 Å². The van der Waals surface area contributed by atoms with Gasteiger partial charge in [0.15, 0.2) is 0 Å². The Balaban J connectivity index is 2.46. The first-order valence-corrected chi connectivity index (χ1v) is 6.22. The van der Waals surface area contributed by atoms with Gasteiger partial charge in [-0.05, 0) is 36.6 Å². The fourth-order valence-electron chi connectivity index (χ4n) is 2.29. The summed E-state index contributed by atoms with van der Waals surface area (Å²) in [7, 11) is 0. The second-order valence-electron chi connectivity index (χ2n) is 4.43. The molecule has 1 nitrogen and oxygen atoms in total. The fourth-order valence-corrected chi connectivity index (χ4v) is 2.90. The summed E-state index contributed by atoms with van der Waals surface area (Å²) in [4.78, 5) is 0. The van der Waals surface area contributed by atoms with Crippen LogP contribution in [0.15, 0.2) is 22.7 Å². The summed E-state index contributed by atoms with van der Waals surface area (Å²) in [5, 5.41) is 10.3. The standard InChI is InChI=1S/C12H12BrF3O/c13-10-4-3-8(12(14,15)16)7-9(10)11(17)5-1-2-6-11/h3-4,7,17H,1-2,5-6H2. The monoisotopic (exact) mass is 308 g/mol. The third-order valence-electron chi connectivity index (χ3n) is 3.23. The fraction of sp³-hybridized carbons (Fsp3) is 0.500. The lowest BCUT2D eigenvalue weighted by atomic mass is 9.91. The molecule has 0 bridgehead atoms. The van der Waals surface area contributed by atoms with Crippen LogP contribution in [0.1, 0.15) is 36.8 Å². The Morgan fingerprint density at radius 1 is 1.18 bits per heavy atom. The average Bonchev–Trinajstić information content (AvgIpc) is 2.65. The third-order valence-corrected chi connectivity index (χ3v) is 3.92. The van der Waals surface area contributed by atoms with Gasteiger partial charge in [-0.3, -0.25) is 0 Å². The summed E-state index contributed by atoms with van der Waals surface area (Å²) >= 11 is 3.22. The Morgan fingerprint density at radius 2 is 1.76 bits per heavy atom. The lowest BCUT2D eigenvalue weighted by Gasteiger charge is -2.25. The summed E-state index contributed by atoms with van der Waals surface area (Å²) in [5.41, 5.74) is -1.47. The maximum atomic E-state index is 12.6. The Bertz CT molecular complexity index is 422. The summed E-state index contributed by atoms with van der Waals surface area (Å²) in [6.45, 7) is 0. The van der Waals surface area contributed by atoms with Crippen molar-refractivity contribution in [3.05, 3.63) is 33.8 Å². The topological polar surface area (TPSA) is 20.2 Å². The van der Waals surface area contributed by atoms with Crippen molar-refractivity contribution in [1.29, 1.82) is 0 Å². The molecule has 1 aromatic rings. The average molecular weight is 309 g/mol. The van der Waals surface area contributed by atoms with Gasteiger partial charge in [0.1, 0.15) is 0 Å². The van der Waals surface area contributed by atoms with E-state index in [4.69, 9.17) is 0 Å². The van der Waals surface area contributed by atoms with Crippen molar-refractivity contribution in [1.82, 2.24) is 0 Å². The van der Waals surface area contributed by atoms with Crippen LogP contribution in [0.4, 0.5) is 13.2 Å². The minimum atomic E-state index is -4.37. The maximum Gasteiger partial charge on any atom is 0.416 e. The van der Waals surface area contributed by atoms with Crippen LogP contribution >= 0.6 is 15.9 Å². The summed E-state index contributed by atoms with van der Waals surface area (Å²) in [6, 6.07) is 3.43. The van der Waals surface area contributed by atoms with Crippen molar-refractivity contribution >= 4 is 15.9 Å². The van der Waals surface area contributed by atoms with E-state index in [-0.39, 0.29) is 0 Å². The van der Waals surface area contributed by atoms with Gasteiger partial charge in [-0.1, -0.05) is 28.8 Å². The van der Waals surface area contributed by atoms with E-state index in [1.165, 1.54) is 6.07 Å². The van der Waals surface area contributed by atoms with Gasteiger partial charge in [-0.2, -0.15) is 13.2 Å². The summed E-state index contributed by atoms with van der Waals surface area (Å²) < 4.78 is 38.4. The Labute approximate surface area is 106 Å². The van der Waals surface area contributed by atoms with Crippen LogP contribution in [0.2, 0.25) is 0 Å². The SMILES string of the molecule is OC1(c2cc(C(F)(F)F)ccc2Br)CCCC1. The van der Waals surface area contributed by atoms with E-state index in [0.717, 1.165) is 25.0 Å². The lowest BCUT2D eigenvalue weighted by molar-refractivity contribution is -0.137. The molecule has 0 saturated heterocycles. The normalized spacial score (nSPS) is 19.6. The van der Waals surface area contributed by atoms with Gasteiger partial charge in [-0.25, -0.2) is 0 Å². The Morgan fingerprint density at radius 3 is 2.29 bits per heavy atom. The van der Waals surface area contributed by atoms with Gasteiger partial charge in [0.05, 0.1) is 11.2 Å². The minimum absolute atomic E-state index is 0.352. The number of aliphatic hydroxyl groups is 1. The van der Waals surface area contributed by atoms with E-state index < -0.39 is 17.3 Å². The first-order valence-electron chi connectivity index (χ1n) is 5.42. The molecule has 0 unspecified atom stereocenters. The molecule has 0 spiro atoms. The summed E-state index contributed by atoms with van der Waals surface area (Å²) in [5.74, 6) is 0. The van der Waals surface area contributed by atoms with Gasteiger partial charge in [0, 0.05) is 4.47 Å². The smallest absolute Gasteiger partial charge is 0.385 e. The molecule has 2 rings (SSSR count). The van der Waals surface area contributed by atoms with Gasteiger partial charge >= 0.3 is 6.18 Å². The van der Waals surface area contributed by atoms with E-state index in [2.05, 4.69) is 15.9 Å². The van der Waals surface area contributed by atoms with E-state index in [1.54, 1.807) is 0 Å². The first-order chi connectivity index (χ1) is 7.83. The highest BCUT2D eigenvalue weighted by Crippen LogP contribution is 2.43. The van der Waals surface area contributed by atoms with Crippen LogP contribution in [0.5, 0.6) is 0 Å². The molecule has 0 atom stereocenters. The molecule has 1 aliphatic carbocycles. The molecule has 94 valence electrons. The van der Waals surface area contributed by atoms with Gasteiger partial charge < -0.3 is 5.11 Å². The molecule has 0 heterocycles. The maximum absolute atomic E-state index is 12.6. The molecule has 1 aromatic carbocycles. The lowest BCUT2D eigenvalue weighted by Crippen LogP contribution is -2.22. The predicted molar refractivity (Wildman–Crippen MR) is 61.5 cm³/mol. The molecule has 0 amide bonds. The van der Waals surface area contributed by atoms with Crippen molar-refractivity contribution in [3.8, 4) is 0 Å². The predicted octanol–water partition coefficient (Wildman–Crippen LogP) is 4.23. The molecular formula is C12H12BrF3O. The van der Waals surface area contributed by atoms with Crippen LogP contribution < -0.4 is 0 Å². The molecule has 17 heavy (non-hydrogen) atoms. The molecule has 5 heteroatoms. The van der Waals surface area contributed by atoms with Crippen molar-refractivity contribution in [2.24, 2.45) is 0 Å². The van der Waals surface area contributed by atoms with Gasteiger partial charge in [-0.15, -0.1) is 0 Å². The summed E-state index contributed by atoms with van der Waals surface area (Å²) in [6.07, 6.45) is -1.64. The van der Waals surface area contributed by atoms with Gasteiger partial charge in [0.2, 0.25) is 0 Å². The molecule has 1 aliphatic rings. The number of alkyl halides is 3. The van der Waals surface area contributed by atoms with E-state index in [1.807, 2.05) is 0 Å². The first kappa shape index (κ1) is 12.9. The molecule has 1 fully saturated rings. The van der Waals surface area contributed by atoms with Crippen molar-refractivity contribution in [2.45, 2.75) is 37.5 Å². The zero-order valence-corrected chi connectivity index (χ0v) is 10.6. The molecular weight excluding hydrogens is 297 g/mol. The molecule has 1 N–H and O–H groups in total. The zero-order chi connectivity index (χ0) is 12.7. The number of rotatable bonds is 1. The number of halogens is 4. The molecule has 1 saturated carbocycles. The van der Waals surface area contributed by atoms with E-state index >= 15 is 0 Å². The van der Waals surface area contributed by atoms with Crippen LogP contribution in [-0.4, -0.2) is 5.11 Å². The number of hydrogen-bond donors (Lipinski definition) is 1. The minimum Gasteiger partial charge on any atom is -0.385 e. The Kier molecular flexibility index (Phi) is 3.25. The molecule has 0 aliphatic heterocycles. The van der Waals surface area contributed by atoms with Crippen LogP contribution in [0.3, 0.4) is 0 Å². The highest BCUT2D eigenvalue weighted by molar-refractivity contribution is 9.10. The largest absolute Gasteiger partial charge is 0.416 e. The quantitative estimate of drug-likeness (QED) is 0.823. The highest BCUT2D eigenvalue weighted by atomic mass is 79.9. The zero-order valence-electron chi connectivity index (χ0n) is 9.02. The van der Waals surface area contributed by atoms with Gasteiger partial charge in [0.25, 0.3) is 0 Å². The highest BCUT2D eigenvalue weighted by Gasteiger charge is 2.37. The van der Waals surface area contributed by atoms with Crippen molar-refractivity contribution < 1.29 is 18.3 Å². The van der Waals surface area contributed by atoms with Crippen LogP contribution in [0, 0.1) is 0 Å². The second-order valence-corrected chi connectivity index (χ2v) is 5.29. The van der Waals surface area contributed by atoms with Crippen LogP contribution in [-0.2, 0) is 11.8 Å². The number of hydrogen-bond acceptors (Lipinski definition) is 1. The Hall–Kier alpha value is -0.550.